The predicted molar refractivity (Wildman–Crippen MR) is 172 cm³/mol. The smallest absolute Gasteiger partial charge is 0.0146 e. The molecule has 2 aliphatic heterocycles. The van der Waals surface area contributed by atoms with E-state index in [4.69, 9.17) is 4.74 Å². The van der Waals surface area contributed by atoms with Crippen LogP contribution in [-0.4, -0.2) is 47.2 Å². The third kappa shape index (κ3) is 8.86. The number of carbonyl (C=O) groups is 1. The summed E-state index contributed by atoms with van der Waals surface area (Å²) in [6, 6.07) is 16.9. The van der Waals surface area contributed by atoms with Gasteiger partial charge in [-0.2, -0.15) is 6.67 Å². The molecule has 3 aromatic rings. The number of halogens is 2. The van der Waals surface area contributed by atoms with Crippen LogP contribution in [0.5, 0.6) is 5.75 Å². The second kappa shape index (κ2) is 16.2. The summed E-state index contributed by atoms with van der Waals surface area (Å²) in [5, 5.41) is 0. The largest absolute Gasteiger partial charge is 1.00 e. The molecule has 0 aromatic heterocycles. The topological polar surface area (TPSA) is 36.0 Å². The zero-order chi connectivity index (χ0) is 30.6. The molecule has 44 heavy (non-hydrogen) atoms. The minimum Gasteiger partial charge on any atom is -1.00 e. The summed E-state index contributed by atoms with van der Waals surface area (Å²) < 4.78 is 7.89. The van der Waals surface area contributed by atoms with Crippen molar-refractivity contribution in [2.24, 2.45) is 0 Å². The zero-order valence-electron chi connectivity index (χ0n) is 27.3. The maximum absolute atomic E-state index is 12.5. The Balaban J connectivity index is 0.000000299. The van der Waals surface area contributed by atoms with Gasteiger partial charge in [-0.25, -0.2) is 0 Å². The van der Waals surface area contributed by atoms with Crippen molar-refractivity contribution in [3.63, 3.8) is 0 Å². The number of hydrogen-bond acceptors (Lipinski definition) is 4. The Morgan fingerprint density at radius 3 is 1.64 bits per heavy atom. The number of likely N-dealkylation sites (tertiary alicyclic amines) is 1. The van der Waals surface area contributed by atoms with E-state index in [0.717, 1.165) is 50.3 Å². The van der Waals surface area contributed by atoms with Crippen molar-refractivity contribution in [3.05, 3.63) is 94.1 Å². The Bertz CT molecular complexity index is 1340. The van der Waals surface area contributed by atoms with E-state index < -0.39 is 5.60 Å². The maximum atomic E-state index is 12.5. The molecule has 0 N–H and O–H groups in total. The number of rotatable bonds is 6. The molecule has 2 fully saturated rings. The maximum Gasteiger partial charge on any atom is 0.0146 e. The number of nitrogens with zero attached hydrogens (tertiary/aromatic N) is 3. The molecule has 0 atom stereocenters. The number of benzene rings is 3. The Kier molecular flexibility index (Phi) is 14.0. The molecule has 0 radical (unpaired) electrons. The summed E-state index contributed by atoms with van der Waals surface area (Å²) in [5.74, 6) is 0.823. The summed E-state index contributed by atoms with van der Waals surface area (Å²) in [6.07, 6.45) is 2.19. The van der Waals surface area contributed by atoms with Crippen LogP contribution in [0.25, 0.3) is 0 Å². The molecule has 1 amide bonds. The van der Waals surface area contributed by atoms with Gasteiger partial charge in [-0.05, 0) is 63.8 Å². The van der Waals surface area contributed by atoms with Crippen LogP contribution in [0.2, 0.25) is 0 Å². The summed E-state index contributed by atoms with van der Waals surface area (Å²) in [5.41, 5.74) is 11.0. The normalized spacial score (nSPS) is 14.3. The van der Waals surface area contributed by atoms with E-state index in [1.54, 1.807) is 0 Å². The number of anilines is 2. The minimum absolute atomic E-state index is 0. The van der Waals surface area contributed by atoms with E-state index in [9.17, 15) is 4.79 Å². The van der Waals surface area contributed by atoms with Crippen LogP contribution in [-0.2, 0) is 22.6 Å². The third-order valence-corrected chi connectivity index (χ3v) is 8.55. The first kappa shape index (κ1) is 37.8. The Morgan fingerprint density at radius 2 is 1.20 bits per heavy atom. The number of para-hydroxylation sites is 1. The average molecular weight is 725 g/mol. The molecule has 8 heteroatoms. The summed E-state index contributed by atoms with van der Waals surface area (Å²) in [4.78, 5) is 19.2. The number of carbonyl (C=O) groups excluding carboxylic acids is 1. The van der Waals surface area contributed by atoms with Crippen molar-refractivity contribution in [2.75, 3.05) is 36.0 Å². The molecule has 0 bridgehead atoms. The predicted octanol–water partition coefficient (Wildman–Crippen LogP) is 1.15. The molecule has 0 unspecified atom stereocenters. The second-order valence-electron chi connectivity index (χ2n) is 12.2. The zero-order valence-corrected chi connectivity index (χ0v) is 30.5. The van der Waals surface area contributed by atoms with Crippen molar-refractivity contribution in [2.45, 2.75) is 73.8 Å². The molecule has 0 aliphatic carbocycles. The van der Waals surface area contributed by atoms with Crippen LogP contribution in [0.4, 0.5) is 11.4 Å². The van der Waals surface area contributed by atoms with Gasteiger partial charge < -0.3 is 34.6 Å². The summed E-state index contributed by atoms with van der Waals surface area (Å²) in [7, 11) is 0. The molecule has 0 spiro atoms. The fourth-order valence-corrected chi connectivity index (χ4v) is 6.78. The van der Waals surface area contributed by atoms with Gasteiger partial charge in [0.25, 0.3) is 0 Å². The van der Waals surface area contributed by atoms with Crippen LogP contribution in [0, 0.1) is 48.2 Å². The minimum atomic E-state index is -0.824. The quantitative estimate of drug-likeness (QED) is 0.283. The molecule has 5 nitrogen and oxygen atoms in total. The first-order chi connectivity index (χ1) is 19.9. The van der Waals surface area contributed by atoms with Gasteiger partial charge in [-0.15, -0.1) is 0 Å². The average Bonchev–Trinajstić information content (AvgIpc) is 3.61. The Morgan fingerprint density at radius 1 is 0.773 bits per heavy atom. The SMILES string of the molecule is CC(C)(Oc1ccccc1[CH]=[Ru+])C(=O)N1CCCC1.Cc1cc(C)c(N2[CH-]N(c3c(C)cc(C)cc3C)CC2)c(C)c1.[Cl-].[Cl-]. The Labute approximate surface area is 287 Å². The fourth-order valence-electron chi connectivity index (χ4n) is 6.37. The number of amides is 1. The van der Waals surface area contributed by atoms with Crippen molar-refractivity contribution >= 4 is 21.9 Å². The van der Waals surface area contributed by atoms with Gasteiger partial charge in [0.1, 0.15) is 0 Å². The van der Waals surface area contributed by atoms with Crippen LogP contribution >= 0.6 is 0 Å². The van der Waals surface area contributed by atoms with Gasteiger partial charge in [0.2, 0.25) is 0 Å². The first-order valence-corrected chi connectivity index (χ1v) is 15.9. The van der Waals surface area contributed by atoms with E-state index in [1.807, 2.05) is 47.6 Å². The second-order valence-corrected chi connectivity index (χ2v) is 12.8. The van der Waals surface area contributed by atoms with Gasteiger partial charge in [-0.1, -0.05) is 35.4 Å². The van der Waals surface area contributed by atoms with Crippen LogP contribution in [0.1, 0.15) is 65.6 Å². The van der Waals surface area contributed by atoms with Crippen LogP contribution < -0.4 is 39.4 Å². The van der Waals surface area contributed by atoms with Gasteiger partial charge in [0.05, 0.1) is 0 Å². The monoisotopic (exact) mass is 724 g/mol. The number of ether oxygens (including phenoxy) is 1. The summed E-state index contributed by atoms with van der Waals surface area (Å²) in [6.45, 7) is 23.0. The van der Waals surface area contributed by atoms with Gasteiger partial charge >= 0.3 is 124 Å². The molecular weight excluding hydrogens is 678 g/mol. The molecule has 2 heterocycles. The van der Waals surface area contributed by atoms with Crippen LogP contribution in [0.3, 0.4) is 0 Å². The van der Waals surface area contributed by atoms with E-state index in [2.05, 4.69) is 100 Å². The standard InChI is InChI=1S/C21H27N2.C15H19NO2.2ClH.Ru/c1-14-9-16(3)20(17(4)10-14)22-7-8-23(13-22)21-18(5)11-15(2)12-19(21)6;1-12-8-4-5-9-13(12)18-15(2,3)14(17)16-10-6-7-11-16;;;/h9-13H,7-8H2,1-6H3;1,4-5,8-9H,6-7,10-11H2,2-3H3;2*1H;/q-1;;;;+1/p-2. The van der Waals surface area contributed by atoms with Gasteiger partial charge in [0.15, 0.2) is 0 Å². The first-order valence-electron chi connectivity index (χ1n) is 14.9. The molecule has 241 valence electrons. The molecule has 2 saturated heterocycles. The molecular formula is C36H46Cl2N3O2Ru-2. The Hall–Kier alpha value is -2.40. The van der Waals surface area contributed by atoms with Gasteiger partial charge in [0, 0.05) is 24.5 Å². The molecule has 5 rings (SSSR count). The van der Waals surface area contributed by atoms with Crippen molar-refractivity contribution in [1.82, 2.24) is 4.90 Å². The number of hydrogen-bond donors (Lipinski definition) is 0. The summed E-state index contributed by atoms with van der Waals surface area (Å²) >= 11 is 2.47. The molecule has 2 aliphatic rings. The third-order valence-electron chi connectivity index (χ3n) is 8.01. The van der Waals surface area contributed by atoms with Crippen molar-refractivity contribution in [1.29, 1.82) is 0 Å². The van der Waals surface area contributed by atoms with E-state index in [1.165, 1.54) is 44.8 Å². The van der Waals surface area contributed by atoms with Crippen LogP contribution in [0.15, 0.2) is 48.5 Å². The molecule has 0 saturated carbocycles. The fraction of sp³-hybridized carbons (Fsp3) is 0.417. The van der Waals surface area contributed by atoms with Crippen molar-refractivity contribution < 1.29 is 52.2 Å². The molecule has 3 aromatic carbocycles. The van der Waals surface area contributed by atoms with E-state index in [0.29, 0.717) is 0 Å². The van der Waals surface area contributed by atoms with Crippen molar-refractivity contribution in [3.8, 4) is 5.75 Å². The van der Waals surface area contributed by atoms with E-state index >= 15 is 0 Å². The number of aryl methyl sites for hydroxylation is 6. The van der Waals surface area contributed by atoms with Gasteiger partial charge in [-0.3, -0.25) is 0 Å². The van der Waals surface area contributed by atoms with E-state index in [-0.39, 0.29) is 30.7 Å².